The van der Waals surface area contributed by atoms with Crippen LogP contribution >= 0.6 is 0 Å². The first kappa shape index (κ1) is 29.5. The van der Waals surface area contributed by atoms with Crippen molar-refractivity contribution in [2.45, 2.75) is 82.7 Å². The van der Waals surface area contributed by atoms with Crippen LogP contribution in [0.2, 0.25) is 0 Å². The maximum absolute atomic E-state index is 14.3. The van der Waals surface area contributed by atoms with E-state index in [9.17, 15) is 22.8 Å². The van der Waals surface area contributed by atoms with Gasteiger partial charge in [0.15, 0.2) is 6.67 Å². The largest absolute Gasteiger partial charge is 0.418 e. The van der Waals surface area contributed by atoms with Crippen molar-refractivity contribution < 1.29 is 22.6 Å². The van der Waals surface area contributed by atoms with Gasteiger partial charge < -0.3 is 0 Å². The third-order valence-corrected chi connectivity index (χ3v) is 10.3. The standard InChI is InChI=1S/C32H40F3N7O2/c1-21-14-28(43)36-41(21)18-22-15-26(32(33,34)35)27-19-39(31(44)40(27)17-22)25-11-7-10-24(16-25)29(23-8-6-9-23)30-37-42(20-38(30)2)12-4-3-5-13-42/h7,10-11,15-17,19,21,23,29-30,37H,3-6,8-9,12-14,18,20H2,1-2H3/p+1/t21-,29-,30?/m1/s1. The molecule has 0 radical (unpaired) electrons. The van der Waals surface area contributed by atoms with E-state index in [4.69, 9.17) is 0 Å². The fraction of sp³-hybridized carbons (Fsp3) is 0.562. The van der Waals surface area contributed by atoms with Crippen molar-refractivity contribution in [3.63, 3.8) is 0 Å². The van der Waals surface area contributed by atoms with E-state index >= 15 is 0 Å². The van der Waals surface area contributed by atoms with E-state index in [1.54, 1.807) is 11.1 Å². The Hall–Kier alpha value is -3.19. The summed E-state index contributed by atoms with van der Waals surface area (Å²) in [5.41, 5.74) is 7.02. The molecule has 1 spiro atoms. The van der Waals surface area contributed by atoms with E-state index in [0.29, 0.717) is 17.2 Å². The highest BCUT2D eigenvalue weighted by Crippen LogP contribution is 2.44. The Morgan fingerprint density at radius 2 is 1.82 bits per heavy atom. The minimum absolute atomic E-state index is 0.0595. The summed E-state index contributed by atoms with van der Waals surface area (Å²) in [6, 6.07) is 8.72. The highest BCUT2D eigenvalue weighted by atomic mass is 19.4. The molecule has 1 aliphatic carbocycles. The molecule has 1 aromatic carbocycles. The third kappa shape index (κ3) is 5.25. The Morgan fingerprint density at radius 3 is 2.48 bits per heavy atom. The molecule has 1 amide bonds. The molecule has 7 rings (SSSR count). The monoisotopic (exact) mass is 612 g/mol. The molecule has 3 saturated heterocycles. The number of fused-ring (bicyclic) bond motifs is 1. The van der Waals surface area contributed by atoms with Gasteiger partial charge >= 0.3 is 11.9 Å². The Bertz CT molecular complexity index is 1620. The summed E-state index contributed by atoms with van der Waals surface area (Å²) in [6.45, 7) is 5.10. The zero-order chi connectivity index (χ0) is 30.8. The number of carbonyl (C=O) groups is 1. The number of piperidine rings is 1. The van der Waals surface area contributed by atoms with Gasteiger partial charge in [0.25, 0.3) is 0 Å². The van der Waals surface area contributed by atoms with Crippen LogP contribution in [0.1, 0.15) is 74.5 Å². The second-order valence-corrected chi connectivity index (χ2v) is 13.4. The minimum atomic E-state index is -4.66. The maximum atomic E-state index is 14.3. The van der Waals surface area contributed by atoms with Gasteiger partial charge in [-0.3, -0.25) is 19.2 Å². The van der Waals surface area contributed by atoms with Crippen molar-refractivity contribution in [2.75, 3.05) is 26.8 Å². The van der Waals surface area contributed by atoms with Crippen molar-refractivity contribution in [2.24, 2.45) is 5.92 Å². The number of aromatic nitrogens is 2. The lowest BCUT2D eigenvalue weighted by Gasteiger charge is -2.40. The van der Waals surface area contributed by atoms with Gasteiger partial charge in [0.2, 0.25) is 5.91 Å². The van der Waals surface area contributed by atoms with Gasteiger partial charge in [0, 0.05) is 37.3 Å². The quantitative estimate of drug-likeness (QED) is 0.405. The first-order valence-corrected chi connectivity index (χ1v) is 15.9. The summed E-state index contributed by atoms with van der Waals surface area (Å²) < 4.78 is 46.3. The molecule has 0 bridgehead atoms. The van der Waals surface area contributed by atoms with Crippen LogP contribution < -0.4 is 16.5 Å². The minimum Gasteiger partial charge on any atom is -0.288 e. The summed E-state index contributed by atoms with van der Waals surface area (Å²) in [5, 5.41) is 1.61. The Morgan fingerprint density at radius 1 is 1.05 bits per heavy atom. The molecular weight excluding hydrogens is 571 g/mol. The highest BCUT2D eigenvalue weighted by Gasteiger charge is 2.48. The molecule has 3 atom stereocenters. The number of rotatable bonds is 6. The zero-order valence-electron chi connectivity index (χ0n) is 25.3. The van der Waals surface area contributed by atoms with Crippen LogP contribution in [0.25, 0.3) is 11.2 Å². The molecule has 3 aromatic rings. The van der Waals surface area contributed by atoms with E-state index in [0.717, 1.165) is 53.2 Å². The number of alkyl halides is 3. The van der Waals surface area contributed by atoms with Crippen LogP contribution in [0.3, 0.4) is 0 Å². The number of quaternary nitrogens is 1. The predicted molar refractivity (Wildman–Crippen MR) is 159 cm³/mol. The van der Waals surface area contributed by atoms with Gasteiger partial charge in [-0.2, -0.15) is 13.2 Å². The molecule has 9 nitrogen and oxygen atoms in total. The number of hydrogen-bond donors (Lipinski definition) is 2. The van der Waals surface area contributed by atoms with E-state index < -0.39 is 17.4 Å². The maximum Gasteiger partial charge on any atom is 0.418 e. The number of halogens is 3. The molecule has 1 unspecified atom stereocenters. The van der Waals surface area contributed by atoms with Crippen LogP contribution in [0.4, 0.5) is 13.2 Å². The van der Waals surface area contributed by atoms with Crippen LogP contribution in [-0.4, -0.2) is 68.4 Å². The van der Waals surface area contributed by atoms with Gasteiger partial charge in [-0.15, -0.1) is 5.43 Å². The molecule has 4 aliphatic rings. The number of nitrogens with one attached hydrogen (secondary N) is 2. The summed E-state index contributed by atoms with van der Waals surface area (Å²) in [6.07, 6.45) is 5.71. The molecule has 236 valence electrons. The van der Waals surface area contributed by atoms with Crippen LogP contribution in [-0.2, 0) is 17.5 Å². The molecule has 12 heteroatoms. The van der Waals surface area contributed by atoms with Crippen molar-refractivity contribution >= 4 is 11.4 Å². The van der Waals surface area contributed by atoms with Gasteiger partial charge in [0.1, 0.15) is 6.17 Å². The van der Waals surface area contributed by atoms with Crippen LogP contribution in [0.15, 0.2) is 47.5 Å². The topological polar surface area (TPSA) is 74.0 Å². The molecule has 44 heavy (non-hydrogen) atoms. The SMILES string of the molecule is C[C@@H]1CC(=O)NN1Cc1cc(C(F)(F)F)c2cn(-c3cccc([C@@H](C4CCC4)C4N[N+]5(CCCCC5)CN4C)c3)c(=O)n2c1. The summed E-state index contributed by atoms with van der Waals surface area (Å²) in [5.74, 6) is 0.534. The van der Waals surface area contributed by atoms with Crippen molar-refractivity contribution in [3.8, 4) is 5.69 Å². The van der Waals surface area contributed by atoms with Crippen molar-refractivity contribution in [1.82, 2.24) is 29.7 Å². The predicted octanol–water partition coefficient (Wildman–Crippen LogP) is 4.35. The lowest BCUT2D eigenvalue weighted by molar-refractivity contribution is -0.966. The Labute approximate surface area is 254 Å². The third-order valence-electron chi connectivity index (χ3n) is 10.3. The number of hydrogen-bond acceptors (Lipinski definition) is 5. The molecule has 2 N–H and O–H groups in total. The first-order valence-electron chi connectivity index (χ1n) is 15.9. The number of amides is 1. The van der Waals surface area contributed by atoms with Crippen LogP contribution in [0.5, 0.6) is 0 Å². The number of benzene rings is 1. The number of carbonyl (C=O) groups excluding carboxylic acids is 1. The average Bonchev–Trinajstić information content (AvgIpc) is 3.57. The molecule has 4 fully saturated rings. The number of likely N-dealkylation sites (N-methyl/N-ethyl adjacent to an activating group) is 1. The fourth-order valence-electron chi connectivity index (χ4n) is 7.90. The summed E-state index contributed by atoms with van der Waals surface area (Å²) >= 11 is 0. The Kier molecular flexibility index (Phi) is 7.38. The van der Waals surface area contributed by atoms with Gasteiger partial charge in [-0.25, -0.2) is 19.3 Å². The van der Waals surface area contributed by atoms with E-state index in [1.807, 2.05) is 19.1 Å². The normalized spacial score (nSPS) is 25.5. The second-order valence-electron chi connectivity index (χ2n) is 13.4. The van der Waals surface area contributed by atoms with Crippen LogP contribution in [0, 0.1) is 5.92 Å². The molecule has 5 heterocycles. The van der Waals surface area contributed by atoms with Gasteiger partial charge in [-0.05, 0) is 81.3 Å². The summed E-state index contributed by atoms with van der Waals surface area (Å²) in [4.78, 5) is 28.0. The number of pyridine rings is 1. The molecular formula is C32H41F3N7O2+. The van der Waals surface area contributed by atoms with Gasteiger partial charge in [0.05, 0.1) is 29.9 Å². The number of imidazole rings is 1. The summed E-state index contributed by atoms with van der Waals surface area (Å²) in [7, 11) is 2.18. The molecule has 3 aliphatic heterocycles. The molecule has 1 saturated carbocycles. The second kappa shape index (κ2) is 11.0. The lowest BCUT2D eigenvalue weighted by atomic mass is 9.71. The number of nitrogens with zero attached hydrogens (tertiary/aromatic N) is 5. The molecule has 2 aromatic heterocycles. The number of hydrazine groups is 1. The average molecular weight is 613 g/mol. The Balaban J connectivity index is 1.26. The fourth-order valence-corrected chi connectivity index (χ4v) is 7.90. The van der Waals surface area contributed by atoms with E-state index in [1.165, 1.54) is 42.6 Å². The first-order chi connectivity index (χ1) is 21.0. The van der Waals surface area contributed by atoms with E-state index in [-0.39, 0.29) is 42.5 Å². The van der Waals surface area contributed by atoms with Crippen molar-refractivity contribution in [1.29, 1.82) is 0 Å². The highest BCUT2D eigenvalue weighted by molar-refractivity contribution is 5.77. The van der Waals surface area contributed by atoms with Crippen molar-refractivity contribution in [3.05, 3.63) is 69.9 Å². The smallest absolute Gasteiger partial charge is 0.288 e. The van der Waals surface area contributed by atoms with Gasteiger partial charge in [-0.1, -0.05) is 18.6 Å². The zero-order valence-corrected chi connectivity index (χ0v) is 25.3. The van der Waals surface area contributed by atoms with E-state index in [2.05, 4.69) is 28.9 Å². The lowest BCUT2D eigenvalue weighted by Crippen LogP contribution is -2.58.